The Balaban J connectivity index is 1.87. The van der Waals surface area contributed by atoms with Crippen molar-refractivity contribution < 1.29 is 14.6 Å². The third-order valence-electron chi connectivity index (χ3n) is 7.20. The summed E-state index contributed by atoms with van der Waals surface area (Å²) in [5.74, 6) is 1.56. The molecular weight excluding hydrogens is 276 g/mol. The number of hydrogen-bond donors (Lipinski definition) is 1. The molecule has 2 fully saturated rings. The van der Waals surface area contributed by atoms with Crippen LogP contribution in [-0.2, 0) is 23.1 Å². The fourth-order valence-corrected chi connectivity index (χ4v) is 6.45. The molecule has 4 atom stereocenters. The minimum Gasteiger partial charge on any atom is -0.496 e. The van der Waals surface area contributed by atoms with Crippen LogP contribution in [0, 0.1) is 11.8 Å². The maximum absolute atomic E-state index is 12.7. The van der Waals surface area contributed by atoms with E-state index in [1.165, 1.54) is 16.7 Å². The molecule has 0 amide bonds. The zero-order valence-corrected chi connectivity index (χ0v) is 13.0. The summed E-state index contributed by atoms with van der Waals surface area (Å²) < 4.78 is 5.59. The van der Waals surface area contributed by atoms with Gasteiger partial charge in [-0.3, -0.25) is 4.79 Å². The summed E-state index contributed by atoms with van der Waals surface area (Å²) in [5.41, 5.74) is 2.88. The fraction of sp³-hybridized carbons (Fsp3) is 0.632. The van der Waals surface area contributed by atoms with Crippen molar-refractivity contribution in [2.75, 3.05) is 7.11 Å². The summed E-state index contributed by atoms with van der Waals surface area (Å²) >= 11 is 0. The molecule has 0 aliphatic heterocycles. The van der Waals surface area contributed by atoms with Crippen LogP contribution in [0.3, 0.4) is 0 Å². The molecule has 0 heterocycles. The highest BCUT2D eigenvalue weighted by Crippen LogP contribution is 2.67. The van der Waals surface area contributed by atoms with Crippen molar-refractivity contribution in [2.24, 2.45) is 11.8 Å². The Morgan fingerprint density at radius 1 is 1.27 bits per heavy atom. The van der Waals surface area contributed by atoms with E-state index in [2.05, 4.69) is 12.1 Å². The number of benzene rings is 1. The van der Waals surface area contributed by atoms with Gasteiger partial charge in [0.25, 0.3) is 0 Å². The molecule has 116 valence electrons. The second kappa shape index (κ2) is 3.94. The standard InChI is InChI=1S/C19H22O3/c1-22-16-5-4-11-9-12-3-2-7-18-14(10-13(16)17(11)18)15(20)6-8-19(12,18)21/h4-5,12,14,21H,2-3,6-10H2,1H3/t12-,14+,18-,19-/m1/s1. The van der Waals surface area contributed by atoms with Crippen molar-refractivity contribution in [3.05, 3.63) is 28.8 Å². The molecule has 1 N–H and O–H groups in total. The van der Waals surface area contributed by atoms with E-state index < -0.39 is 5.60 Å². The van der Waals surface area contributed by atoms with Crippen molar-refractivity contribution >= 4 is 5.78 Å². The van der Waals surface area contributed by atoms with E-state index in [1.807, 2.05) is 0 Å². The average molecular weight is 298 g/mol. The minimum atomic E-state index is -0.672. The SMILES string of the molecule is COc1ccc2c3c1C[C@H]1C(=O)CC[C@@]4(O)[C@H](CCC[C@]314)C2. The second-order valence-corrected chi connectivity index (χ2v) is 7.69. The molecule has 3 nitrogen and oxygen atoms in total. The van der Waals surface area contributed by atoms with Crippen LogP contribution in [0.5, 0.6) is 5.75 Å². The van der Waals surface area contributed by atoms with Crippen LogP contribution < -0.4 is 4.74 Å². The molecule has 0 radical (unpaired) electrons. The summed E-state index contributed by atoms with van der Waals surface area (Å²) in [6.07, 6.45) is 6.12. The molecule has 4 aliphatic rings. The Hall–Kier alpha value is -1.35. The first-order chi connectivity index (χ1) is 10.6. The summed E-state index contributed by atoms with van der Waals surface area (Å²) in [5, 5.41) is 11.7. The highest BCUT2D eigenvalue weighted by Gasteiger charge is 2.69. The lowest BCUT2D eigenvalue weighted by Crippen LogP contribution is -2.67. The molecule has 4 aliphatic carbocycles. The Morgan fingerprint density at radius 2 is 2.14 bits per heavy atom. The zero-order chi connectivity index (χ0) is 15.1. The molecule has 1 spiro atoms. The largest absolute Gasteiger partial charge is 0.496 e. The number of rotatable bonds is 1. The van der Waals surface area contributed by atoms with Gasteiger partial charge in [-0.15, -0.1) is 0 Å². The Kier molecular flexibility index (Phi) is 2.35. The van der Waals surface area contributed by atoms with Gasteiger partial charge in [0.15, 0.2) is 0 Å². The topological polar surface area (TPSA) is 46.5 Å². The number of ether oxygens (including phenoxy) is 1. The van der Waals surface area contributed by atoms with E-state index in [0.29, 0.717) is 24.5 Å². The number of carbonyl (C=O) groups is 1. The summed E-state index contributed by atoms with van der Waals surface area (Å²) in [6, 6.07) is 4.24. The van der Waals surface area contributed by atoms with E-state index in [9.17, 15) is 9.90 Å². The normalized spacial score (nSPS) is 41.3. The predicted molar refractivity (Wildman–Crippen MR) is 82.1 cm³/mol. The lowest BCUT2D eigenvalue weighted by atomic mass is 9.45. The van der Waals surface area contributed by atoms with Gasteiger partial charge in [0.2, 0.25) is 0 Å². The van der Waals surface area contributed by atoms with Gasteiger partial charge >= 0.3 is 0 Å². The lowest BCUT2D eigenvalue weighted by molar-refractivity contribution is -0.172. The van der Waals surface area contributed by atoms with E-state index in [0.717, 1.165) is 37.9 Å². The van der Waals surface area contributed by atoms with Gasteiger partial charge < -0.3 is 9.84 Å². The third kappa shape index (κ3) is 1.20. The quantitative estimate of drug-likeness (QED) is 0.867. The van der Waals surface area contributed by atoms with Gasteiger partial charge in [-0.05, 0) is 60.8 Å². The van der Waals surface area contributed by atoms with Crippen LogP contribution in [0.1, 0.15) is 48.8 Å². The number of aliphatic hydroxyl groups is 1. The van der Waals surface area contributed by atoms with Gasteiger partial charge in [-0.1, -0.05) is 12.5 Å². The molecule has 1 aromatic carbocycles. The number of ketones is 1. The monoisotopic (exact) mass is 298 g/mol. The second-order valence-electron chi connectivity index (χ2n) is 7.69. The van der Waals surface area contributed by atoms with E-state index in [4.69, 9.17) is 4.74 Å². The molecule has 0 unspecified atom stereocenters. The highest BCUT2D eigenvalue weighted by atomic mass is 16.5. The summed E-state index contributed by atoms with van der Waals surface area (Å²) in [7, 11) is 1.71. The summed E-state index contributed by atoms with van der Waals surface area (Å²) in [4.78, 5) is 12.7. The number of Topliss-reactive ketones (excluding diaryl/α,β-unsaturated/α-hetero) is 1. The van der Waals surface area contributed by atoms with Crippen LogP contribution >= 0.6 is 0 Å². The first-order valence-corrected chi connectivity index (χ1v) is 8.56. The molecule has 5 rings (SSSR count). The smallest absolute Gasteiger partial charge is 0.137 e. The van der Waals surface area contributed by atoms with Crippen molar-refractivity contribution in [2.45, 2.75) is 56.0 Å². The van der Waals surface area contributed by atoms with Crippen molar-refractivity contribution in [1.29, 1.82) is 0 Å². The highest BCUT2D eigenvalue weighted by molar-refractivity contribution is 5.87. The fourth-order valence-electron chi connectivity index (χ4n) is 6.45. The first-order valence-electron chi connectivity index (χ1n) is 8.56. The van der Waals surface area contributed by atoms with Crippen LogP contribution in [0.4, 0.5) is 0 Å². The molecule has 0 saturated heterocycles. The van der Waals surface area contributed by atoms with Crippen molar-refractivity contribution in [3.63, 3.8) is 0 Å². The lowest BCUT2D eigenvalue weighted by Gasteiger charge is -2.61. The van der Waals surface area contributed by atoms with Gasteiger partial charge in [0.05, 0.1) is 12.7 Å². The minimum absolute atomic E-state index is 0.0283. The van der Waals surface area contributed by atoms with Gasteiger partial charge in [0.1, 0.15) is 11.5 Å². The molecule has 22 heavy (non-hydrogen) atoms. The number of hydrogen-bond acceptors (Lipinski definition) is 3. The molecule has 2 bridgehead atoms. The predicted octanol–water partition coefficient (Wildman–Crippen LogP) is 2.56. The van der Waals surface area contributed by atoms with Gasteiger partial charge in [-0.2, -0.15) is 0 Å². The maximum atomic E-state index is 12.7. The van der Waals surface area contributed by atoms with E-state index in [1.54, 1.807) is 7.11 Å². The van der Waals surface area contributed by atoms with Crippen LogP contribution in [0.25, 0.3) is 0 Å². The number of carbonyl (C=O) groups excluding carboxylic acids is 1. The summed E-state index contributed by atoms with van der Waals surface area (Å²) in [6.45, 7) is 0. The Morgan fingerprint density at radius 3 is 2.95 bits per heavy atom. The average Bonchev–Trinajstić information content (AvgIpc) is 2.85. The molecule has 1 aromatic rings. The van der Waals surface area contributed by atoms with Crippen molar-refractivity contribution in [1.82, 2.24) is 0 Å². The third-order valence-corrected chi connectivity index (χ3v) is 7.20. The maximum Gasteiger partial charge on any atom is 0.137 e. The van der Waals surface area contributed by atoms with Gasteiger partial charge in [0, 0.05) is 17.8 Å². The zero-order valence-electron chi connectivity index (χ0n) is 13.0. The van der Waals surface area contributed by atoms with Crippen molar-refractivity contribution in [3.8, 4) is 5.75 Å². The van der Waals surface area contributed by atoms with E-state index in [-0.39, 0.29) is 11.3 Å². The molecule has 2 saturated carbocycles. The number of methoxy groups -OCH3 is 1. The Bertz CT molecular complexity index is 694. The molecule has 0 aromatic heterocycles. The van der Waals surface area contributed by atoms with Crippen LogP contribution in [0.2, 0.25) is 0 Å². The van der Waals surface area contributed by atoms with E-state index >= 15 is 0 Å². The van der Waals surface area contributed by atoms with Gasteiger partial charge in [-0.25, -0.2) is 0 Å². The molecular formula is C19H22O3. The Labute approximate surface area is 130 Å². The van der Waals surface area contributed by atoms with Crippen LogP contribution in [0.15, 0.2) is 12.1 Å². The first kappa shape index (κ1) is 13.1. The van der Waals surface area contributed by atoms with Crippen LogP contribution in [-0.4, -0.2) is 23.6 Å². The molecule has 3 heteroatoms.